The van der Waals surface area contributed by atoms with E-state index in [0.717, 1.165) is 0 Å². The van der Waals surface area contributed by atoms with E-state index in [9.17, 15) is 19.0 Å². The molecule has 2 rings (SSSR count). The highest BCUT2D eigenvalue weighted by atomic mass is 35.5. The summed E-state index contributed by atoms with van der Waals surface area (Å²) in [5.41, 5.74) is -0.505. The maximum Gasteiger partial charge on any atom is 0.145 e. The molecule has 5 heteroatoms. The zero-order valence-electron chi connectivity index (χ0n) is 11.2. The Hall–Kier alpha value is -1.49. The fourth-order valence-corrected chi connectivity index (χ4v) is 2.51. The van der Waals surface area contributed by atoms with Crippen LogP contribution in [-0.4, -0.2) is 23.4 Å². The van der Waals surface area contributed by atoms with Crippen LogP contribution in [0.5, 0.6) is 0 Å². The molecule has 112 valence electrons. The largest absolute Gasteiger partial charge is 0.395 e. The van der Waals surface area contributed by atoms with Gasteiger partial charge >= 0.3 is 0 Å². The molecule has 0 atom stereocenters. The van der Waals surface area contributed by atoms with E-state index < -0.39 is 30.3 Å². The van der Waals surface area contributed by atoms with Gasteiger partial charge in [-0.05, 0) is 35.7 Å². The predicted molar refractivity (Wildman–Crippen MR) is 77.4 cm³/mol. The van der Waals surface area contributed by atoms with Crippen LogP contribution in [0.1, 0.15) is 11.1 Å². The third kappa shape index (κ3) is 3.23. The van der Waals surface area contributed by atoms with Gasteiger partial charge in [0.1, 0.15) is 11.6 Å². The fraction of sp³-hybridized carbons (Fsp3) is 0.250. The van der Waals surface area contributed by atoms with Crippen LogP contribution in [0.2, 0.25) is 5.02 Å². The molecule has 0 radical (unpaired) electrons. The Morgan fingerprint density at radius 1 is 1.00 bits per heavy atom. The molecular weight excluding hydrogens is 298 g/mol. The number of aliphatic hydroxyl groups excluding tert-OH is 2. The molecule has 0 amide bonds. The van der Waals surface area contributed by atoms with Gasteiger partial charge in [0, 0.05) is 5.41 Å². The van der Waals surface area contributed by atoms with E-state index in [-0.39, 0.29) is 17.0 Å². The van der Waals surface area contributed by atoms with Crippen molar-refractivity contribution in [3.8, 4) is 0 Å². The molecule has 2 N–H and O–H groups in total. The van der Waals surface area contributed by atoms with Crippen LogP contribution in [0.4, 0.5) is 8.78 Å². The van der Waals surface area contributed by atoms with Crippen molar-refractivity contribution in [3.05, 3.63) is 70.2 Å². The van der Waals surface area contributed by atoms with Crippen molar-refractivity contribution >= 4 is 11.6 Å². The maximum absolute atomic E-state index is 14.0. The Labute approximate surface area is 126 Å². The first-order chi connectivity index (χ1) is 10.0. The van der Waals surface area contributed by atoms with Gasteiger partial charge in [-0.2, -0.15) is 0 Å². The molecule has 21 heavy (non-hydrogen) atoms. The zero-order valence-corrected chi connectivity index (χ0v) is 11.9. The summed E-state index contributed by atoms with van der Waals surface area (Å²) in [6, 6.07) is 10.1. The Morgan fingerprint density at radius 2 is 1.67 bits per heavy atom. The standard InChI is InChI=1S/C16H15ClF2O2/c17-14-6-1-3-11(15(14)19)8-16(9-20,10-21)12-4-2-5-13(18)7-12/h1-7,20-21H,8-10H2. The molecule has 0 aliphatic rings. The summed E-state index contributed by atoms with van der Waals surface area (Å²) in [4.78, 5) is 0. The molecule has 0 aliphatic heterocycles. The number of benzene rings is 2. The molecule has 2 aromatic rings. The number of hydrogen-bond donors (Lipinski definition) is 2. The van der Waals surface area contributed by atoms with E-state index in [1.54, 1.807) is 12.1 Å². The van der Waals surface area contributed by atoms with E-state index in [1.807, 2.05) is 0 Å². The monoisotopic (exact) mass is 312 g/mol. The molecule has 0 heterocycles. The number of hydrogen-bond acceptors (Lipinski definition) is 2. The molecule has 2 nitrogen and oxygen atoms in total. The average molecular weight is 313 g/mol. The number of rotatable bonds is 5. The summed E-state index contributed by atoms with van der Waals surface area (Å²) in [5.74, 6) is -1.08. The van der Waals surface area contributed by atoms with Crippen LogP contribution in [-0.2, 0) is 11.8 Å². The van der Waals surface area contributed by atoms with Gasteiger partial charge in [0.15, 0.2) is 0 Å². The molecule has 0 spiro atoms. The topological polar surface area (TPSA) is 40.5 Å². The summed E-state index contributed by atoms with van der Waals surface area (Å²) >= 11 is 5.74. The lowest BCUT2D eigenvalue weighted by molar-refractivity contribution is 0.115. The first kappa shape index (κ1) is 15.9. The van der Waals surface area contributed by atoms with Crippen molar-refractivity contribution in [3.63, 3.8) is 0 Å². The van der Waals surface area contributed by atoms with Crippen LogP contribution in [0.15, 0.2) is 42.5 Å². The molecule has 0 bridgehead atoms. The minimum Gasteiger partial charge on any atom is -0.395 e. The van der Waals surface area contributed by atoms with Gasteiger partial charge in [-0.15, -0.1) is 0 Å². The second kappa shape index (κ2) is 6.52. The van der Waals surface area contributed by atoms with Crippen LogP contribution in [0.3, 0.4) is 0 Å². The average Bonchev–Trinajstić information content (AvgIpc) is 2.49. The van der Waals surface area contributed by atoms with E-state index in [1.165, 1.54) is 30.3 Å². The summed E-state index contributed by atoms with van der Waals surface area (Å²) in [5, 5.41) is 19.4. The van der Waals surface area contributed by atoms with Gasteiger partial charge in [-0.25, -0.2) is 8.78 Å². The molecular formula is C16H15ClF2O2. The van der Waals surface area contributed by atoms with Gasteiger partial charge in [0.25, 0.3) is 0 Å². The van der Waals surface area contributed by atoms with E-state index >= 15 is 0 Å². The highest BCUT2D eigenvalue weighted by molar-refractivity contribution is 6.30. The van der Waals surface area contributed by atoms with Gasteiger partial charge < -0.3 is 10.2 Å². The van der Waals surface area contributed by atoms with Crippen molar-refractivity contribution in [2.24, 2.45) is 0 Å². The Morgan fingerprint density at radius 3 is 2.29 bits per heavy atom. The lowest BCUT2D eigenvalue weighted by Crippen LogP contribution is -2.37. The lowest BCUT2D eigenvalue weighted by Gasteiger charge is -2.31. The maximum atomic E-state index is 14.0. The molecule has 0 fully saturated rings. The van der Waals surface area contributed by atoms with Gasteiger partial charge in [-0.1, -0.05) is 35.9 Å². The van der Waals surface area contributed by atoms with Crippen molar-refractivity contribution in [1.82, 2.24) is 0 Å². The summed E-state index contributed by atoms with van der Waals surface area (Å²) in [6.07, 6.45) is 0.00977. The van der Waals surface area contributed by atoms with Crippen molar-refractivity contribution < 1.29 is 19.0 Å². The van der Waals surface area contributed by atoms with Crippen LogP contribution in [0.25, 0.3) is 0 Å². The molecule has 0 saturated carbocycles. The second-order valence-electron chi connectivity index (χ2n) is 5.00. The van der Waals surface area contributed by atoms with E-state index in [4.69, 9.17) is 11.6 Å². The molecule has 0 saturated heterocycles. The predicted octanol–water partition coefficient (Wildman–Crippen LogP) is 3.08. The minimum absolute atomic E-state index is 0.00977. The third-order valence-corrected chi connectivity index (χ3v) is 3.89. The van der Waals surface area contributed by atoms with Crippen LogP contribution >= 0.6 is 11.6 Å². The van der Waals surface area contributed by atoms with Gasteiger partial charge in [0.05, 0.1) is 18.2 Å². The van der Waals surface area contributed by atoms with Crippen LogP contribution < -0.4 is 0 Å². The highest BCUT2D eigenvalue weighted by Crippen LogP contribution is 2.31. The number of halogens is 3. The van der Waals surface area contributed by atoms with Gasteiger partial charge in [-0.3, -0.25) is 0 Å². The first-order valence-corrected chi connectivity index (χ1v) is 6.81. The van der Waals surface area contributed by atoms with E-state index in [2.05, 4.69) is 0 Å². The normalized spacial score (nSPS) is 11.7. The molecule has 0 aromatic heterocycles. The zero-order chi connectivity index (χ0) is 15.5. The lowest BCUT2D eigenvalue weighted by atomic mass is 9.76. The third-order valence-electron chi connectivity index (χ3n) is 3.60. The summed E-state index contributed by atoms with van der Waals surface area (Å²) in [6.45, 7) is -0.891. The SMILES string of the molecule is OCC(CO)(Cc1cccc(Cl)c1F)c1cccc(F)c1. The van der Waals surface area contributed by atoms with Crippen molar-refractivity contribution in [1.29, 1.82) is 0 Å². The Kier molecular flexibility index (Phi) is 4.93. The molecule has 2 aromatic carbocycles. The van der Waals surface area contributed by atoms with Gasteiger partial charge in [0.2, 0.25) is 0 Å². The van der Waals surface area contributed by atoms with Crippen molar-refractivity contribution in [2.45, 2.75) is 11.8 Å². The number of aliphatic hydroxyl groups is 2. The van der Waals surface area contributed by atoms with E-state index in [0.29, 0.717) is 5.56 Å². The Balaban J connectivity index is 2.45. The van der Waals surface area contributed by atoms with Crippen LogP contribution in [0, 0.1) is 11.6 Å². The van der Waals surface area contributed by atoms with Crippen molar-refractivity contribution in [2.75, 3.05) is 13.2 Å². The summed E-state index contributed by atoms with van der Waals surface area (Å²) in [7, 11) is 0. The highest BCUT2D eigenvalue weighted by Gasteiger charge is 2.33. The first-order valence-electron chi connectivity index (χ1n) is 6.43. The minimum atomic E-state index is -1.17. The summed E-state index contributed by atoms with van der Waals surface area (Å²) < 4.78 is 27.4. The Bertz CT molecular complexity index is 627. The smallest absolute Gasteiger partial charge is 0.145 e. The molecule has 0 aliphatic carbocycles. The second-order valence-corrected chi connectivity index (χ2v) is 5.40. The quantitative estimate of drug-likeness (QED) is 0.891. The fourth-order valence-electron chi connectivity index (χ4n) is 2.31. The molecule has 0 unspecified atom stereocenters.